The molecular weight excluding hydrogens is 232 g/mol. The molecule has 2 rings (SSSR count). The Balaban J connectivity index is 2.49. The van der Waals surface area contributed by atoms with Gasteiger partial charge in [-0.2, -0.15) is 0 Å². The van der Waals surface area contributed by atoms with Gasteiger partial charge < -0.3 is 10.3 Å². The number of hydrogen-bond donors (Lipinski definition) is 1. The standard InChI is InChI=1S/C12H14N4O2/c1-8(2)12-14-5-6-15(12)9-3-4-11(16(17)18)10(13)7-9/h3-8H,13H2,1-2H3. The number of hydrogen-bond acceptors (Lipinski definition) is 4. The zero-order valence-electron chi connectivity index (χ0n) is 10.2. The Morgan fingerprint density at radius 2 is 2.17 bits per heavy atom. The van der Waals surface area contributed by atoms with Gasteiger partial charge in [0.15, 0.2) is 0 Å². The highest BCUT2D eigenvalue weighted by Gasteiger charge is 2.14. The minimum absolute atomic E-state index is 0.0787. The molecule has 0 spiro atoms. The molecule has 0 amide bonds. The predicted octanol–water partition coefficient (Wildman–Crippen LogP) is 2.49. The number of benzene rings is 1. The van der Waals surface area contributed by atoms with E-state index in [1.165, 1.54) is 6.07 Å². The van der Waals surface area contributed by atoms with E-state index in [0.717, 1.165) is 11.5 Å². The number of nitrogen functional groups attached to an aromatic ring is 1. The molecule has 0 radical (unpaired) electrons. The highest BCUT2D eigenvalue weighted by molar-refractivity contribution is 5.62. The molecule has 2 N–H and O–H groups in total. The second-order valence-corrected chi connectivity index (χ2v) is 4.31. The third-order valence-electron chi connectivity index (χ3n) is 2.67. The first-order valence-corrected chi connectivity index (χ1v) is 5.58. The van der Waals surface area contributed by atoms with Crippen LogP contribution in [0, 0.1) is 10.1 Å². The van der Waals surface area contributed by atoms with E-state index < -0.39 is 4.92 Å². The fourth-order valence-electron chi connectivity index (χ4n) is 1.82. The number of nitro benzene ring substituents is 1. The second kappa shape index (κ2) is 4.48. The number of nitrogens with two attached hydrogens (primary N) is 1. The number of rotatable bonds is 3. The zero-order chi connectivity index (χ0) is 13.3. The molecule has 6 nitrogen and oxygen atoms in total. The van der Waals surface area contributed by atoms with Crippen LogP contribution in [-0.2, 0) is 0 Å². The van der Waals surface area contributed by atoms with Crippen LogP contribution in [0.4, 0.5) is 11.4 Å². The van der Waals surface area contributed by atoms with E-state index in [0.29, 0.717) is 0 Å². The van der Waals surface area contributed by atoms with Crippen LogP contribution < -0.4 is 5.73 Å². The van der Waals surface area contributed by atoms with E-state index in [4.69, 9.17) is 5.73 Å². The summed E-state index contributed by atoms with van der Waals surface area (Å²) in [5, 5.41) is 10.7. The lowest BCUT2D eigenvalue weighted by Crippen LogP contribution is -2.04. The van der Waals surface area contributed by atoms with E-state index in [2.05, 4.69) is 4.98 Å². The SMILES string of the molecule is CC(C)c1nccn1-c1ccc([N+](=O)[O-])c(N)c1. The van der Waals surface area contributed by atoms with Crippen LogP contribution in [0.25, 0.3) is 5.69 Å². The lowest BCUT2D eigenvalue weighted by Gasteiger charge is -2.10. The van der Waals surface area contributed by atoms with Crippen molar-refractivity contribution in [1.82, 2.24) is 9.55 Å². The van der Waals surface area contributed by atoms with Crippen LogP contribution >= 0.6 is 0 Å². The summed E-state index contributed by atoms with van der Waals surface area (Å²) in [6.07, 6.45) is 3.52. The van der Waals surface area contributed by atoms with Crippen molar-refractivity contribution in [1.29, 1.82) is 0 Å². The number of aromatic nitrogens is 2. The lowest BCUT2D eigenvalue weighted by atomic mass is 10.2. The molecule has 0 atom stereocenters. The minimum atomic E-state index is -0.490. The molecule has 0 saturated heterocycles. The van der Waals surface area contributed by atoms with Crippen LogP contribution in [0.15, 0.2) is 30.6 Å². The van der Waals surface area contributed by atoms with Crippen LogP contribution in [0.3, 0.4) is 0 Å². The Bertz CT molecular complexity index is 590. The van der Waals surface area contributed by atoms with Gasteiger partial charge in [0.1, 0.15) is 11.5 Å². The summed E-state index contributed by atoms with van der Waals surface area (Å²) < 4.78 is 1.88. The highest BCUT2D eigenvalue weighted by Crippen LogP contribution is 2.25. The van der Waals surface area contributed by atoms with Gasteiger partial charge in [-0.1, -0.05) is 13.8 Å². The van der Waals surface area contributed by atoms with Crippen molar-refractivity contribution >= 4 is 11.4 Å². The third-order valence-corrected chi connectivity index (χ3v) is 2.67. The number of nitro groups is 1. The van der Waals surface area contributed by atoms with Gasteiger partial charge in [0.05, 0.1) is 4.92 Å². The molecule has 1 aromatic carbocycles. The van der Waals surface area contributed by atoms with Gasteiger partial charge >= 0.3 is 0 Å². The van der Waals surface area contributed by atoms with Gasteiger partial charge in [0.2, 0.25) is 0 Å². The normalized spacial score (nSPS) is 10.8. The molecule has 0 saturated carbocycles. The van der Waals surface area contributed by atoms with Crippen molar-refractivity contribution in [3.05, 3.63) is 46.5 Å². The second-order valence-electron chi connectivity index (χ2n) is 4.31. The third kappa shape index (κ3) is 2.04. The molecule has 1 aromatic heterocycles. The van der Waals surface area contributed by atoms with E-state index in [9.17, 15) is 10.1 Å². The first-order valence-electron chi connectivity index (χ1n) is 5.58. The van der Waals surface area contributed by atoms with Crippen molar-refractivity contribution in [3.63, 3.8) is 0 Å². The molecule has 18 heavy (non-hydrogen) atoms. The lowest BCUT2D eigenvalue weighted by molar-refractivity contribution is -0.383. The molecule has 0 fully saturated rings. The van der Waals surface area contributed by atoms with E-state index in [1.807, 2.05) is 24.6 Å². The van der Waals surface area contributed by atoms with Gasteiger partial charge in [-0.25, -0.2) is 4.98 Å². The summed E-state index contributed by atoms with van der Waals surface area (Å²) in [5.41, 5.74) is 6.53. The van der Waals surface area contributed by atoms with Gasteiger partial charge in [-0.05, 0) is 12.1 Å². The maximum Gasteiger partial charge on any atom is 0.292 e. The summed E-state index contributed by atoms with van der Waals surface area (Å²) >= 11 is 0. The molecular formula is C12H14N4O2. The van der Waals surface area contributed by atoms with Crippen molar-refractivity contribution in [2.75, 3.05) is 5.73 Å². The molecule has 6 heteroatoms. The Morgan fingerprint density at radius 1 is 1.44 bits per heavy atom. The molecule has 0 aliphatic rings. The Hall–Kier alpha value is -2.37. The summed E-state index contributed by atoms with van der Waals surface area (Å²) in [5.74, 6) is 1.15. The Labute approximate surface area is 104 Å². The molecule has 0 aliphatic carbocycles. The van der Waals surface area contributed by atoms with Crippen LogP contribution in [0.5, 0.6) is 0 Å². The van der Waals surface area contributed by atoms with Crippen LogP contribution in [0.2, 0.25) is 0 Å². The van der Waals surface area contributed by atoms with Crippen molar-refractivity contribution < 1.29 is 4.92 Å². The predicted molar refractivity (Wildman–Crippen MR) is 68.7 cm³/mol. The summed E-state index contributed by atoms with van der Waals surface area (Å²) in [4.78, 5) is 14.5. The average Bonchev–Trinajstić information content (AvgIpc) is 2.77. The summed E-state index contributed by atoms with van der Waals surface area (Å²) in [7, 11) is 0. The first kappa shape index (κ1) is 12.1. The number of anilines is 1. The van der Waals surface area contributed by atoms with Crippen molar-refractivity contribution in [2.45, 2.75) is 19.8 Å². The fourth-order valence-corrected chi connectivity index (χ4v) is 1.82. The number of nitrogens with zero attached hydrogens (tertiary/aromatic N) is 3. The molecule has 0 unspecified atom stereocenters. The molecule has 94 valence electrons. The summed E-state index contributed by atoms with van der Waals surface area (Å²) in [6.45, 7) is 4.07. The summed E-state index contributed by atoms with van der Waals surface area (Å²) in [6, 6.07) is 4.67. The largest absolute Gasteiger partial charge is 0.393 e. The maximum absolute atomic E-state index is 10.7. The molecule has 0 aliphatic heterocycles. The fraction of sp³-hybridized carbons (Fsp3) is 0.250. The first-order chi connectivity index (χ1) is 8.50. The molecule has 1 heterocycles. The van der Waals surface area contributed by atoms with Gasteiger partial charge in [-0.15, -0.1) is 0 Å². The Kier molecular flexibility index (Phi) is 3.01. The quantitative estimate of drug-likeness (QED) is 0.512. The molecule has 2 aromatic rings. The minimum Gasteiger partial charge on any atom is -0.393 e. The van der Waals surface area contributed by atoms with Crippen LogP contribution in [-0.4, -0.2) is 14.5 Å². The highest BCUT2D eigenvalue weighted by atomic mass is 16.6. The van der Waals surface area contributed by atoms with E-state index in [1.54, 1.807) is 18.3 Å². The van der Waals surface area contributed by atoms with Gasteiger partial charge in [0, 0.05) is 30.1 Å². The van der Waals surface area contributed by atoms with Gasteiger partial charge in [-0.3, -0.25) is 10.1 Å². The molecule has 0 bridgehead atoms. The monoisotopic (exact) mass is 246 g/mol. The van der Waals surface area contributed by atoms with E-state index in [-0.39, 0.29) is 17.3 Å². The van der Waals surface area contributed by atoms with E-state index >= 15 is 0 Å². The van der Waals surface area contributed by atoms with Crippen molar-refractivity contribution in [2.24, 2.45) is 0 Å². The number of imidazole rings is 1. The topological polar surface area (TPSA) is 87.0 Å². The van der Waals surface area contributed by atoms with Gasteiger partial charge in [0.25, 0.3) is 5.69 Å². The zero-order valence-corrected chi connectivity index (χ0v) is 10.2. The van der Waals surface area contributed by atoms with Crippen molar-refractivity contribution in [3.8, 4) is 5.69 Å². The van der Waals surface area contributed by atoms with Crippen LogP contribution in [0.1, 0.15) is 25.6 Å². The Morgan fingerprint density at radius 3 is 2.72 bits per heavy atom. The maximum atomic E-state index is 10.7. The smallest absolute Gasteiger partial charge is 0.292 e. The average molecular weight is 246 g/mol.